The predicted molar refractivity (Wildman–Crippen MR) is 119 cm³/mol. The molecule has 0 aliphatic carbocycles. The monoisotopic (exact) mass is 455 g/mol. The number of rotatable bonds is 3. The van der Waals surface area contributed by atoms with E-state index in [0.717, 1.165) is 24.1 Å². The van der Waals surface area contributed by atoms with E-state index < -0.39 is 10.0 Å². The zero-order chi connectivity index (χ0) is 22.3. The molecule has 32 heavy (non-hydrogen) atoms. The number of hydrogen-bond acceptors (Lipinski definition) is 5. The molecule has 2 aromatic rings. The molecule has 2 amide bonds. The lowest BCUT2D eigenvalue weighted by atomic mass is 9.95. The van der Waals surface area contributed by atoms with Gasteiger partial charge >= 0.3 is 0 Å². The topological polar surface area (TPSA) is 96.0 Å². The van der Waals surface area contributed by atoms with Gasteiger partial charge in [0, 0.05) is 25.3 Å². The van der Waals surface area contributed by atoms with Gasteiger partial charge in [-0.15, -0.1) is 0 Å². The number of benzene rings is 2. The molecule has 1 atom stereocenters. The van der Waals surface area contributed by atoms with Crippen LogP contribution >= 0.6 is 0 Å². The van der Waals surface area contributed by atoms with Crippen LogP contribution in [0.5, 0.6) is 5.75 Å². The number of ether oxygens (including phenoxy) is 1. The standard InChI is InChI=1S/C23H25N3O5S/c27-22-15-31-21-10-9-18(13-19(21)24-22)32(29,30)25-11-3-7-17(14-25)23(28)26-12-4-6-16-5-1-2-8-20(16)26/h1-2,5,8-10,13,17H,3-4,6-7,11-12,14-15H2,(H,24,27). The molecule has 8 nitrogen and oxygen atoms in total. The Hall–Kier alpha value is -2.91. The lowest BCUT2D eigenvalue weighted by Crippen LogP contribution is -2.48. The summed E-state index contributed by atoms with van der Waals surface area (Å²) in [6.45, 7) is 1.08. The number of aryl methyl sites for hydroxylation is 1. The molecule has 1 N–H and O–H groups in total. The maximum Gasteiger partial charge on any atom is 0.262 e. The normalized spacial score (nSPS) is 21.2. The molecule has 0 saturated carbocycles. The SMILES string of the molecule is O=C1COc2ccc(S(=O)(=O)N3CCCC(C(=O)N4CCCc5ccccc54)C3)cc2N1. The quantitative estimate of drug-likeness (QED) is 0.767. The summed E-state index contributed by atoms with van der Waals surface area (Å²) >= 11 is 0. The first-order valence-corrected chi connectivity index (χ1v) is 12.3. The zero-order valence-corrected chi connectivity index (χ0v) is 18.4. The predicted octanol–water partition coefficient (Wildman–Crippen LogP) is 2.40. The van der Waals surface area contributed by atoms with Crippen molar-refractivity contribution in [3.63, 3.8) is 0 Å². The van der Waals surface area contributed by atoms with Crippen molar-refractivity contribution in [1.82, 2.24) is 4.31 Å². The Morgan fingerprint density at radius 1 is 1.09 bits per heavy atom. The van der Waals surface area contributed by atoms with Gasteiger partial charge in [0.15, 0.2) is 6.61 Å². The van der Waals surface area contributed by atoms with E-state index in [1.165, 1.54) is 16.4 Å². The van der Waals surface area contributed by atoms with Gasteiger partial charge in [0.25, 0.3) is 5.91 Å². The number of carbonyl (C=O) groups is 2. The van der Waals surface area contributed by atoms with Crippen molar-refractivity contribution < 1.29 is 22.7 Å². The van der Waals surface area contributed by atoms with Crippen LogP contribution in [-0.2, 0) is 26.0 Å². The summed E-state index contributed by atoms with van der Waals surface area (Å²) in [4.78, 5) is 26.9. The number of piperidine rings is 1. The Balaban J connectivity index is 1.37. The Morgan fingerprint density at radius 3 is 2.81 bits per heavy atom. The molecule has 3 aliphatic heterocycles. The highest BCUT2D eigenvalue weighted by atomic mass is 32.2. The van der Waals surface area contributed by atoms with Gasteiger partial charge in [-0.05, 0) is 55.5 Å². The van der Waals surface area contributed by atoms with E-state index in [2.05, 4.69) is 5.32 Å². The molecule has 3 aliphatic rings. The number of fused-ring (bicyclic) bond motifs is 2. The van der Waals surface area contributed by atoms with Crippen molar-refractivity contribution in [3.8, 4) is 5.75 Å². The minimum absolute atomic E-state index is 0.0110. The second kappa shape index (κ2) is 8.22. The Morgan fingerprint density at radius 2 is 1.94 bits per heavy atom. The summed E-state index contributed by atoms with van der Waals surface area (Å²) in [6.07, 6.45) is 3.14. The van der Waals surface area contributed by atoms with Crippen LogP contribution < -0.4 is 15.0 Å². The zero-order valence-electron chi connectivity index (χ0n) is 17.6. The smallest absolute Gasteiger partial charge is 0.262 e. The van der Waals surface area contributed by atoms with E-state index in [4.69, 9.17) is 4.74 Å². The fourth-order valence-corrected chi connectivity index (χ4v) is 6.27. The van der Waals surface area contributed by atoms with Gasteiger partial charge in [0.1, 0.15) is 5.75 Å². The van der Waals surface area contributed by atoms with Gasteiger partial charge in [0.05, 0.1) is 16.5 Å². The minimum atomic E-state index is -3.81. The molecule has 0 bridgehead atoms. The highest BCUT2D eigenvalue weighted by molar-refractivity contribution is 7.89. The van der Waals surface area contributed by atoms with Crippen molar-refractivity contribution in [1.29, 1.82) is 0 Å². The van der Waals surface area contributed by atoms with Crippen LogP contribution in [0.1, 0.15) is 24.8 Å². The van der Waals surface area contributed by atoms with Gasteiger partial charge in [-0.25, -0.2) is 8.42 Å². The number of carbonyl (C=O) groups excluding carboxylic acids is 2. The molecule has 1 saturated heterocycles. The molecule has 0 aromatic heterocycles. The maximum atomic E-state index is 13.4. The van der Waals surface area contributed by atoms with Crippen LogP contribution in [0.2, 0.25) is 0 Å². The number of hydrogen-bond donors (Lipinski definition) is 1. The number of amides is 2. The average Bonchev–Trinajstić information content (AvgIpc) is 2.82. The van der Waals surface area contributed by atoms with Crippen LogP contribution in [-0.4, -0.2) is 50.8 Å². The molecule has 168 valence electrons. The van der Waals surface area contributed by atoms with E-state index in [0.29, 0.717) is 37.4 Å². The summed E-state index contributed by atoms with van der Waals surface area (Å²) in [7, 11) is -3.81. The molecule has 1 fully saturated rings. The Kier molecular flexibility index (Phi) is 5.38. The third kappa shape index (κ3) is 3.75. The van der Waals surface area contributed by atoms with Gasteiger partial charge in [-0.1, -0.05) is 18.2 Å². The molecule has 9 heteroatoms. The highest BCUT2D eigenvalue weighted by Gasteiger charge is 2.36. The van der Waals surface area contributed by atoms with Gasteiger partial charge in [-0.2, -0.15) is 4.31 Å². The van der Waals surface area contributed by atoms with Crippen LogP contribution in [0.4, 0.5) is 11.4 Å². The first-order chi connectivity index (χ1) is 15.4. The lowest BCUT2D eigenvalue weighted by Gasteiger charge is -2.36. The fourth-order valence-electron chi connectivity index (χ4n) is 4.72. The second-order valence-electron chi connectivity index (χ2n) is 8.42. The summed E-state index contributed by atoms with van der Waals surface area (Å²) in [5, 5.41) is 2.65. The second-order valence-corrected chi connectivity index (χ2v) is 10.4. The highest BCUT2D eigenvalue weighted by Crippen LogP contribution is 2.34. The van der Waals surface area contributed by atoms with Gasteiger partial charge in [-0.3, -0.25) is 9.59 Å². The largest absolute Gasteiger partial charge is 0.482 e. The van der Waals surface area contributed by atoms with Crippen molar-refractivity contribution in [2.75, 3.05) is 36.5 Å². The van der Waals surface area contributed by atoms with Crippen LogP contribution in [0.15, 0.2) is 47.4 Å². The van der Waals surface area contributed by atoms with E-state index >= 15 is 0 Å². The van der Waals surface area contributed by atoms with E-state index in [1.807, 2.05) is 29.2 Å². The van der Waals surface area contributed by atoms with Gasteiger partial charge < -0.3 is 15.0 Å². The first-order valence-electron chi connectivity index (χ1n) is 10.9. The summed E-state index contributed by atoms with van der Waals surface area (Å²) in [5.41, 5.74) is 2.44. The molecule has 5 rings (SSSR count). The molecule has 3 heterocycles. The van der Waals surface area contributed by atoms with Crippen molar-refractivity contribution in [3.05, 3.63) is 48.0 Å². The van der Waals surface area contributed by atoms with Crippen LogP contribution in [0.25, 0.3) is 0 Å². The third-order valence-corrected chi connectivity index (χ3v) is 8.19. The average molecular weight is 456 g/mol. The van der Waals surface area contributed by atoms with Crippen molar-refractivity contribution >= 4 is 33.2 Å². The third-order valence-electron chi connectivity index (χ3n) is 6.33. The van der Waals surface area contributed by atoms with E-state index in [1.54, 1.807) is 6.07 Å². The maximum absolute atomic E-state index is 13.4. The summed E-state index contributed by atoms with van der Waals surface area (Å²) < 4.78 is 33.4. The molecule has 1 unspecified atom stereocenters. The Bertz CT molecular complexity index is 1180. The van der Waals surface area contributed by atoms with Crippen molar-refractivity contribution in [2.45, 2.75) is 30.6 Å². The number of para-hydroxylation sites is 1. The lowest BCUT2D eigenvalue weighted by molar-refractivity contribution is -0.123. The summed E-state index contributed by atoms with van der Waals surface area (Å²) in [5.74, 6) is -0.273. The Labute approximate surface area is 187 Å². The molecule has 0 spiro atoms. The molecule has 0 radical (unpaired) electrons. The number of sulfonamides is 1. The van der Waals surface area contributed by atoms with Crippen molar-refractivity contribution in [2.24, 2.45) is 5.92 Å². The van der Waals surface area contributed by atoms with Crippen LogP contribution in [0.3, 0.4) is 0 Å². The molecular weight excluding hydrogens is 430 g/mol. The van der Waals surface area contributed by atoms with Crippen LogP contribution in [0, 0.1) is 5.92 Å². The fraction of sp³-hybridized carbons (Fsp3) is 0.391. The number of nitrogens with zero attached hydrogens (tertiary/aromatic N) is 2. The van der Waals surface area contributed by atoms with Gasteiger partial charge in [0.2, 0.25) is 15.9 Å². The number of nitrogens with one attached hydrogen (secondary N) is 1. The minimum Gasteiger partial charge on any atom is -0.482 e. The molecular formula is C23H25N3O5S. The van der Waals surface area contributed by atoms with E-state index in [9.17, 15) is 18.0 Å². The molecule has 2 aromatic carbocycles. The number of anilines is 2. The van der Waals surface area contributed by atoms with E-state index in [-0.39, 0.29) is 35.8 Å². The summed E-state index contributed by atoms with van der Waals surface area (Å²) in [6, 6.07) is 12.4. The first kappa shape index (κ1) is 21.0.